The minimum Gasteiger partial charge on any atom is -0.351 e. The van der Waals surface area contributed by atoms with Crippen molar-refractivity contribution in [3.8, 4) is 0 Å². The summed E-state index contributed by atoms with van der Waals surface area (Å²) in [6.45, 7) is 0.487. The summed E-state index contributed by atoms with van der Waals surface area (Å²) in [6.07, 6.45) is 8.62. The molecule has 2 aliphatic rings. The summed E-state index contributed by atoms with van der Waals surface area (Å²) in [7, 11) is -3.50. The molecule has 0 radical (unpaired) electrons. The van der Waals surface area contributed by atoms with Crippen LogP contribution in [0.2, 0.25) is 0 Å². The number of nitrogens with zero attached hydrogens (tertiary/aromatic N) is 4. The largest absolute Gasteiger partial charge is 0.351 e. The molecule has 0 spiro atoms. The molecule has 8 nitrogen and oxygen atoms in total. The molecule has 5 rings (SSSR count). The zero-order valence-corrected chi connectivity index (χ0v) is 18.0. The van der Waals surface area contributed by atoms with E-state index in [4.69, 9.17) is 0 Å². The molecule has 0 atom stereocenters. The number of sulfonamides is 1. The normalized spacial score (nSPS) is 16.7. The molecule has 2 aromatic heterocycles. The number of benzene rings is 1. The number of rotatable bonds is 6. The van der Waals surface area contributed by atoms with Gasteiger partial charge in [0, 0.05) is 24.7 Å². The van der Waals surface area contributed by atoms with Gasteiger partial charge in [-0.2, -0.15) is 5.10 Å². The number of hydrogen-bond acceptors (Lipinski definition) is 5. The fraction of sp³-hybridized carbons (Fsp3) is 0.409. The van der Waals surface area contributed by atoms with Gasteiger partial charge >= 0.3 is 0 Å². The Labute approximate surface area is 181 Å². The smallest absolute Gasteiger partial charge is 0.252 e. The van der Waals surface area contributed by atoms with Crippen molar-refractivity contribution in [2.75, 3.05) is 23.1 Å². The Morgan fingerprint density at radius 2 is 1.97 bits per heavy atom. The molecule has 0 saturated heterocycles. The molecule has 162 valence electrons. The van der Waals surface area contributed by atoms with E-state index in [9.17, 15) is 13.2 Å². The number of nitrogens with one attached hydrogen (secondary N) is 1. The number of aromatic nitrogens is 3. The lowest BCUT2D eigenvalue weighted by Crippen LogP contribution is -2.37. The van der Waals surface area contributed by atoms with Gasteiger partial charge in [-0.05, 0) is 37.0 Å². The molecule has 1 aliphatic heterocycles. The predicted molar refractivity (Wildman–Crippen MR) is 119 cm³/mol. The molecule has 3 aromatic rings. The second kappa shape index (κ2) is 7.96. The lowest BCUT2D eigenvalue weighted by atomic mass is 10.2. The third-order valence-electron chi connectivity index (χ3n) is 6.19. The van der Waals surface area contributed by atoms with Crippen LogP contribution in [0, 0.1) is 0 Å². The highest BCUT2D eigenvalue weighted by Crippen LogP contribution is 2.31. The van der Waals surface area contributed by atoms with Crippen molar-refractivity contribution < 1.29 is 13.2 Å². The van der Waals surface area contributed by atoms with E-state index in [0.717, 1.165) is 35.1 Å². The van der Waals surface area contributed by atoms with Gasteiger partial charge in [0.25, 0.3) is 5.91 Å². The molecule has 1 aromatic carbocycles. The minimum absolute atomic E-state index is 0.0409. The summed E-state index contributed by atoms with van der Waals surface area (Å²) in [5.74, 6) is -0.484. The van der Waals surface area contributed by atoms with Crippen LogP contribution in [0.5, 0.6) is 0 Å². The van der Waals surface area contributed by atoms with Gasteiger partial charge in [0.2, 0.25) is 10.0 Å². The summed E-state index contributed by atoms with van der Waals surface area (Å²) >= 11 is 0. The molecule has 3 heterocycles. The Morgan fingerprint density at radius 3 is 2.81 bits per heavy atom. The molecule has 1 saturated carbocycles. The maximum Gasteiger partial charge on any atom is 0.252 e. The van der Waals surface area contributed by atoms with E-state index in [2.05, 4.69) is 15.4 Å². The van der Waals surface area contributed by atoms with E-state index in [1.54, 1.807) is 12.3 Å². The van der Waals surface area contributed by atoms with Crippen molar-refractivity contribution in [3.05, 3.63) is 53.9 Å². The van der Waals surface area contributed by atoms with E-state index >= 15 is 0 Å². The summed E-state index contributed by atoms with van der Waals surface area (Å²) in [4.78, 5) is 17.0. The molecule has 0 bridgehead atoms. The van der Waals surface area contributed by atoms with Gasteiger partial charge < -0.3 is 5.32 Å². The monoisotopic (exact) mass is 439 g/mol. The van der Waals surface area contributed by atoms with Crippen LogP contribution in [-0.4, -0.2) is 47.9 Å². The van der Waals surface area contributed by atoms with Crippen LogP contribution in [0.25, 0.3) is 11.0 Å². The molecule has 31 heavy (non-hydrogen) atoms. The zero-order chi connectivity index (χ0) is 21.4. The standard InChI is InChI=1S/C22H25N5O3S/c28-22(18-13-17-15-25-27(21(17)24-14-18)19-6-2-3-7-19)23-10-12-31(29,30)26-11-9-16-5-1-4-8-20(16)26/h1,4-5,8,13-15,19H,2-3,6-7,9-12H2,(H,23,28). The number of para-hydroxylation sites is 1. The fourth-order valence-corrected chi connectivity index (χ4v) is 6.01. The van der Waals surface area contributed by atoms with E-state index in [-0.39, 0.29) is 18.2 Å². The first-order valence-electron chi connectivity index (χ1n) is 10.7. The number of hydrogen-bond donors (Lipinski definition) is 1. The van der Waals surface area contributed by atoms with Crippen molar-refractivity contribution in [3.63, 3.8) is 0 Å². The van der Waals surface area contributed by atoms with E-state index < -0.39 is 10.0 Å². The molecule has 1 fully saturated rings. The van der Waals surface area contributed by atoms with Gasteiger partial charge in [-0.15, -0.1) is 0 Å². The van der Waals surface area contributed by atoms with Crippen molar-refractivity contribution >= 4 is 32.7 Å². The summed E-state index contributed by atoms with van der Waals surface area (Å²) in [5, 5.41) is 8.01. The van der Waals surface area contributed by atoms with Gasteiger partial charge in [-0.25, -0.2) is 18.1 Å². The van der Waals surface area contributed by atoms with Gasteiger partial charge in [-0.1, -0.05) is 31.0 Å². The Kier molecular flexibility index (Phi) is 5.13. The fourth-order valence-electron chi connectivity index (χ4n) is 4.58. The van der Waals surface area contributed by atoms with Crippen LogP contribution in [0.1, 0.15) is 47.6 Å². The predicted octanol–water partition coefficient (Wildman–Crippen LogP) is 2.67. The van der Waals surface area contributed by atoms with Gasteiger partial charge in [0.1, 0.15) is 0 Å². The maximum absolute atomic E-state index is 12.8. The Hall–Kier alpha value is -2.94. The van der Waals surface area contributed by atoms with Crippen LogP contribution in [-0.2, 0) is 16.4 Å². The number of carbonyl (C=O) groups excluding carboxylic acids is 1. The van der Waals surface area contributed by atoms with Crippen LogP contribution in [0.15, 0.2) is 42.7 Å². The minimum atomic E-state index is -3.50. The Morgan fingerprint density at radius 1 is 1.16 bits per heavy atom. The number of fused-ring (bicyclic) bond motifs is 2. The first-order valence-corrected chi connectivity index (χ1v) is 12.3. The molecule has 0 unspecified atom stereocenters. The number of amides is 1. The average Bonchev–Trinajstić information content (AvgIpc) is 3.51. The third kappa shape index (κ3) is 3.78. The molecule has 1 amide bonds. The van der Waals surface area contributed by atoms with Gasteiger partial charge in [-0.3, -0.25) is 9.10 Å². The average molecular weight is 440 g/mol. The third-order valence-corrected chi connectivity index (χ3v) is 7.96. The molecule has 9 heteroatoms. The number of anilines is 1. The highest BCUT2D eigenvalue weighted by atomic mass is 32.2. The summed E-state index contributed by atoms with van der Waals surface area (Å²) in [6, 6.07) is 9.67. The van der Waals surface area contributed by atoms with E-state index in [1.807, 2.05) is 28.9 Å². The Balaban J connectivity index is 1.23. The number of pyridine rings is 1. The first kappa shape index (κ1) is 20.0. The maximum atomic E-state index is 12.8. The van der Waals surface area contributed by atoms with Crippen LogP contribution < -0.4 is 9.62 Å². The van der Waals surface area contributed by atoms with Crippen molar-refractivity contribution in [1.82, 2.24) is 20.1 Å². The first-order chi connectivity index (χ1) is 15.0. The quantitative estimate of drug-likeness (QED) is 0.637. The molecular formula is C22H25N5O3S. The zero-order valence-electron chi connectivity index (χ0n) is 17.2. The molecule has 1 aliphatic carbocycles. The summed E-state index contributed by atoms with van der Waals surface area (Å²) in [5.41, 5.74) is 2.97. The van der Waals surface area contributed by atoms with Crippen LogP contribution >= 0.6 is 0 Å². The highest BCUT2D eigenvalue weighted by molar-refractivity contribution is 7.92. The van der Waals surface area contributed by atoms with Crippen molar-refractivity contribution in [1.29, 1.82) is 0 Å². The van der Waals surface area contributed by atoms with Crippen molar-refractivity contribution in [2.24, 2.45) is 0 Å². The van der Waals surface area contributed by atoms with E-state index in [1.165, 1.54) is 23.3 Å². The second-order valence-corrected chi connectivity index (χ2v) is 10.2. The van der Waals surface area contributed by atoms with Crippen LogP contribution in [0.3, 0.4) is 0 Å². The lowest BCUT2D eigenvalue weighted by Gasteiger charge is -2.19. The molecular weight excluding hydrogens is 414 g/mol. The van der Waals surface area contributed by atoms with Crippen molar-refractivity contribution in [2.45, 2.75) is 38.1 Å². The molecule has 1 N–H and O–H groups in total. The van der Waals surface area contributed by atoms with E-state index in [0.29, 0.717) is 24.6 Å². The van der Waals surface area contributed by atoms with Gasteiger partial charge in [0.05, 0.1) is 29.2 Å². The number of carbonyl (C=O) groups is 1. The lowest BCUT2D eigenvalue weighted by molar-refractivity contribution is 0.0956. The highest BCUT2D eigenvalue weighted by Gasteiger charge is 2.29. The topological polar surface area (TPSA) is 97.2 Å². The SMILES string of the molecule is O=C(NCCS(=O)(=O)N1CCc2ccccc21)c1cnc2c(cnn2C2CCCC2)c1. The Bertz CT molecular complexity index is 1230. The van der Waals surface area contributed by atoms with Gasteiger partial charge in [0.15, 0.2) is 5.65 Å². The van der Waals surface area contributed by atoms with Crippen LogP contribution in [0.4, 0.5) is 5.69 Å². The summed E-state index contributed by atoms with van der Waals surface area (Å²) < 4.78 is 28.9. The second-order valence-electron chi connectivity index (χ2n) is 8.19.